The van der Waals surface area contributed by atoms with Gasteiger partial charge in [-0.15, -0.1) is 0 Å². The number of aryl methyl sites for hydroxylation is 1. The molecule has 18 heavy (non-hydrogen) atoms. The molecule has 0 saturated heterocycles. The molecule has 0 amide bonds. The van der Waals surface area contributed by atoms with Crippen LogP contribution in [0.1, 0.15) is 25.4 Å². The predicted molar refractivity (Wildman–Crippen MR) is 68.9 cm³/mol. The summed E-state index contributed by atoms with van der Waals surface area (Å²) in [6.45, 7) is 6.76. The highest BCUT2D eigenvalue weighted by Crippen LogP contribution is 2.01. The Morgan fingerprint density at radius 2 is 2.22 bits per heavy atom. The summed E-state index contributed by atoms with van der Waals surface area (Å²) < 4.78 is 3.68. The third-order valence-corrected chi connectivity index (χ3v) is 2.61. The van der Waals surface area contributed by atoms with E-state index in [0.29, 0.717) is 12.5 Å². The van der Waals surface area contributed by atoms with Crippen LogP contribution >= 0.6 is 0 Å². The summed E-state index contributed by atoms with van der Waals surface area (Å²) >= 11 is 0. The molecule has 0 fully saturated rings. The molecule has 0 aliphatic carbocycles. The van der Waals surface area contributed by atoms with E-state index in [2.05, 4.69) is 34.3 Å². The van der Waals surface area contributed by atoms with E-state index in [0.717, 1.165) is 24.6 Å². The highest BCUT2D eigenvalue weighted by molar-refractivity contribution is 5.00. The van der Waals surface area contributed by atoms with Crippen LogP contribution in [0, 0.1) is 5.92 Å². The molecule has 0 unspecified atom stereocenters. The van der Waals surface area contributed by atoms with Crippen molar-refractivity contribution in [2.45, 2.75) is 26.9 Å². The molecule has 0 saturated carbocycles. The van der Waals surface area contributed by atoms with Crippen molar-refractivity contribution < 1.29 is 0 Å². The lowest BCUT2D eigenvalue weighted by atomic mass is 10.2. The maximum atomic E-state index is 4.34. The maximum absolute atomic E-state index is 4.34. The Bertz CT molecular complexity index is 484. The van der Waals surface area contributed by atoms with E-state index in [1.54, 1.807) is 11.0 Å². The molecule has 1 N–H and O–H groups in total. The average molecular weight is 248 g/mol. The van der Waals surface area contributed by atoms with Gasteiger partial charge in [-0.05, 0) is 18.5 Å². The van der Waals surface area contributed by atoms with Gasteiger partial charge in [-0.3, -0.25) is 4.68 Å². The van der Waals surface area contributed by atoms with Gasteiger partial charge in [-0.1, -0.05) is 13.8 Å². The van der Waals surface area contributed by atoms with Gasteiger partial charge in [0.25, 0.3) is 0 Å². The highest BCUT2D eigenvalue weighted by atomic mass is 15.4. The van der Waals surface area contributed by atoms with Gasteiger partial charge in [0, 0.05) is 13.2 Å². The number of hydrogen-bond acceptors (Lipinski definition) is 4. The zero-order valence-corrected chi connectivity index (χ0v) is 11.2. The van der Waals surface area contributed by atoms with Crippen LogP contribution in [0.4, 0.5) is 0 Å². The number of nitrogens with zero attached hydrogens (tertiary/aromatic N) is 5. The van der Waals surface area contributed by atoms with Crippen molar-refractivity contribution in [2.24, 2.45) is 13.0 Å². The van der Waals surface area contributed by atoms with Gasteiger partial charge in [-0.2, -0.15) is 10.2 Å². The zero-order valence-electron chi connectivity index (χ0n) is 11.2. The Kier molecular flexibility index (Phi) is 4.09. The SMILES string of the molecule is CC(C)CNCc1ncnn1Cc1ccn(C)n1. The van der Waals surface area contributed by atoms with Crippen LogP contribution in [0.5, 0.6) is 0 Å². The molecule has 0 aliphatic rings. The normalized spacial score (nSPS) is 11.3. The summed E-state index contributed by atoms with van der Waals surface area (Å²) in [4.78, 5) is 4.27. The third-order valence-electron chi connectivity index (χ3n) is 2.61. The Hall–Kier alpha value is -1.69. The molecule has 0 aromatic carbocycles. The lowest BCUT2D eigenvalue weighted by molar-refractivity contribution is 0.521. The second kappa shape index (κ2) is 5.77. The van der Waals surface area contributed by atoms with E-state index in [1.165, 1.54) is 0 Å². The first-order chi connectivity index (χ1) is 8.65. The molecule has 6 heteroatoms. The molecule has 0 aliphatic heterocycles. The van der Waals surface area contributed by atoms with Gasteiger partial charge in [0.1, 0.15) is 12.2 Å². The molecule has 6 nitrogen and oxygen atoms in total. The quantitative estimate of drug-likeness (QED) is 0.821. The minimum atomic E-state index is 0.636. The Morgan fingerprint density at radius 1 is 1.39 bits per heavy atom. The Balaban J connectivity index is 1.95. The van der Waals surface area contributed by atoms with Crippen LogP contribution < -0.4 is 5.32 Å². The number of hydrogen-bond donors (Lipinski definition) is 1. The van der Waals surface area contributed by atoms with Gasteiger partial charge in [0.15, 0.2) is 0 Å². The second-order valence-electron chi connectivity index (χ2n) is 4.84. The van der Waals surface area contributed by atoms with Crippen molar-refractivity contribution in [3.63, 3.8) is 0 Å². The lowest BCUT2D eigenvalue weighted by Crippen LogP contribution is -2.22. The number of rotatable bonds is 6. The predicted octanol–water partition coefficient (Wildman–Crippen LogP) is 0.805. The van der Waals surface area contributed by atoms with Crippen LogP contribution in [0.3, 0.4) is 0 Å². The smallest absolute Gasteiger partial charge is 0.141 e. The minimum absolute atomic E-state index is 0.636. The first-order valence-electron chi connectivity index (χ1n) is 6.21. The summed E-state index contributed by atoms with van der Waals surface area (Å²) in [5, 5.41) is 11.9. The van der Waals surface area contributed by atoms with E-state index in [4.69, 9.17) is 0 Å². The molecule has 2 aromatic rings. The number of aromatic nitrogens is 5. The fraction of sp³-hybridized carbons (Fsp3) is 0.583. The number of nitrogens with one attached hydrogen (secondary N) is 1. The first kappa shape index (κ1) is 12.8. The van der Waals surface area contributed by atoms with Crippen LogP contribution in [0.25, 0.3) is 0 Å². The molecule has 2 heterocycles. The zero-order chi connectivity index (χ0) is 13.0. The van der Waals surface area contributed by atoms with Crippen molar-refractivity contribution in [1.82, 2.24) is 29.9 Å². The van der Waals surface area contributed by atoms with Gasteiger partial charge in [0.05, 0.1) is 18.8 Å². The summed E-state index contributed by atoms with van der Waals surface area (Å²) in [7, 11) is 1.91. The second-order valence-corrected chi connectivity index (χ2v) is 4.84. The third kappa shape index (κ3) is 3.40. The fourth-order valence-corrected chi connectivity index (χ4v) is 1.73. The molecule has 0 bridgehead atoms. The molecule has 0 spiro atoms. The molecular weight excluding hydrogens is 228 g/mol. The van der Waals surface area contributed by atoms with Crippen LogP contribution in [-0.4, -0.2) is 31.1 Å². The van der Waals surface area contributed by atoms with Crippen LogP contribution in [0.2, 0.25) is 0 Å². The fourth-order valence-electron chi connectivity index (χ4n) is 1.73. The summed E-state index contributed by atoms with van der Waals surface area (Å²) in [6, 6.07) is 1.99. The molecule has 98 valence electrons. The minimum Gasteiger partial charge on any atom is -0.310 e. The standard InChI is InChI=1S/C12H20N6/c1-10(2)6-13-7-12-14-9-15-18(12)8-11-4-5-17(3)16-11/h4-5,9-10,13H,6-8H2,1-3H3. The molecule has 0 radical (unpaired) electrons. The molecule has 2 aromatic heterocycles. The molecular formula is C12H20N6. The molecule has 0 atom stereocenters. The van der Waals surface area contributed by atoms with E-state index in [-0.39, 0.29) is 0 Å². The Labute approximate surface area is 107 Å². The van der Waals surface area contributed by atoms with E-state index in [1.807, 2.05) is 24.0 Å². The van der Waals surface area contributed by atoms with E-state index in [9.17, 15) is 0 Å². The van der Waals surface area contributed by atoms with Crippen molar-refractivity contribution in [3.8, 4) is 0 Å². The van der Waals surface area contributed by atoms with Gasteiger partial charge in [0.2, 0.25) is 0 Å². The maximum Gasteiger partial charge on any atom is 0.141 e. The van der Waals surface area contributed by atoms with Gasteiger partial charge < -0.3 is 5.32 Å². The van der Waals surface area contributed by atoms with Crippen molar-refractivity contribution in [2.75, 3.05) is 6.54 Å². The summed E-state index contributed by atoms with van der Waals surface area (Å²) in [5.41, 5.74) is 0.994. The average Bonchev–Trinajstić information content (AvgIpc) is 2.89. The van der Waals surface area contributed by atoms with Gasteiger partial charge in [-0.25, -0.2) is 9.67 Å². The highest BCUT2D eigenvalue weighted by Gasteiger charge is 2.06. The molecule has 2 rings (SSSR count). The van der Waals surface area contributed by atoms with Crippen molar-refractivity contribution >= 4 is 0 Å². The topological polar surface area (TPSA) is 60.6 Å². The van der Waals surface area contributed by atoms with E-state index >= 15 is 0 Å². The lowest BCUT2D eigenvalue weighted by Gasteiger charge is -2.08. The first-order valence-corrected chi connectivity index (χ1v) is 6.21. The monoisotopic (exact) mass is 248 g/mol. The van der Waals surface area contributed by atoms with Crippen molar-refractivity contribution in [1.29, 1.82) is 0 Å². The summed E-state index contributed by atoms with van der Waals surface area (Å²) in [6.07, 6.45) is 3.53. The van der Waals surface area contributed by atoms with E-state index < -0.39 is 0 Å². The summed E-state index contributed by atoms with van der Waals surface area (Å²) in [5.74, 6) is 1.58. The Morgan fingerprint density at radius 3 is 2.89 bits per heavy atom. The van der Waals surface area contributed by atoms with Crippen LogP contribution in [0.15, 0.2) is 18.6 Å². The van der Waals surface area contributed by atoms with Crippen LogP contribution in [-0.2, 0) is 20.1 Å². The van der Waals surface area contributed by atoms with Gasteiger partial charge >= 0.3 is 0 Å². The largest absolute Gasteiger partial charge is 0.310 e. The van der Waals surface area contributed by atoms with Crippen molar-refractivity contribution in [3.05, 3.63) is 30.1 Å².